The van der Waals surface area contributed by atoms with Gasteiger partial charge in [-0.05, 0) is 32.4 Å². The van der Waals surface area contributed by atoms with Crippen molar-refractivity contribution < 1.29 is 19.1 Å². The van der Waals surface area contributed by atoms with Crippen LogP contribution in [0.25, 0.3) is 0 Å². The lowest BCUT2D eigenvalue weighted by Crippen LogP contribution is -2.26. The molecular weight excluding hydrogens is 234 g/mol. The predicted octanol–water partition coefficient (Wildman–Crippen LogP) is 1.79. The second-order valence-corrected chi connectivity index (χ2v) is 3.73. The van der Waals surface area contributed by atoms with Crippen molar-refractivity contribution in [3.05, 3.63) is 23.5 Å². The predicted molar refractivity (Wildman–Crippen MR) is 66.2 cm³/mol. The highest BCUT2D eigenvalue weighted by Crippen LogP contribution is 2.19. The molecule has 0 spiro atoms. The minimum atomic E-state index is -1.02. The number of ether oxygens (including phenoxy) is 2. The molecule has 100 valence electrons. The van der Waals surface area contributed by atoms with Gasteiger partial charge >= 0.3 is 11.9 Å². The third-order valence-electron chi connectivity index (χ3n) is 2.51. The Morgan fingerprint density at radius 1 is 1.11 bits per heavy atom. The number of aromatic nitrogens is 1. The van der Waals surface area contributed by atoms with Crippen molar-refractivity contribution in [2.24, 2.45) is 0 Å². The van der Waals surface area contributed by atoms with E-state index in [9.17, 15) is 9.59 Å². The summed E-state index contributed by atoms with van der Waals surface area (Å²) in [5, 5.41) is 0. The Balaban J connectivity index is 2.95. The van der Waals surface area contributed by atoms with Crippen molar-refractivity contribution in [3.63, 3.8) is 0 Å². The van der Waals surface area contributed by atoms with E-state index in [-0.39, 0.29) is 13.2 Å². The number of carbonyl (C=O) groups excluding carboxylic acids is 2. The van der Waals surface area contributed by atoms with Gasteiger partial charge in [-0.3, -0.25) is 9.59 Å². The smallest absolute Gasteiger partial charge is 0.326 e. The second-order valence-electron chi connectivity index (χ2n) is 3.73. The standard InChI is InChI=1S/C13H19NO4/c1-4-9-7-8-10(14-9)11(12(15)17-5-2)13(16)18-6-3/h7-8,11,14H,4-6H2,1-3H3. The summed E-state index contributed by atoms with van der Waals surface area (Å²) in [5.41, 5.74) is 1.48. The van der Waals surface area contributed by atoms with Crippen LogP contribution in [0.2, 0.25) is 0 Å². The van der Waals surface area contributed by atoms with Gasteiger partial charge in [-0.2, -0.15) is 0 Å². The molecule has 0 aliphatic rings. The molecular formula is C13H19NO4. The Kier molecular flexibility index (Phi) is 5.42. The van der Waals surface area contributed by atoms with E-state index in [2.05, 4.69) is 4.98 Å². The van der Waals surface area contributed by atoms with Crippen LogP contribution in [0.4, 0.5) is 0 Å². The summed E-state index contributed by atoms with van der Waals surface area (Å²) in [5.74, 6) is -2.19. The van der Waals surface area contributed by atoms with Crippen molar-refractivity contribution in [3.8, 4) is 0 Å². The Morgan fingerprint density at radius 3 is 2.06 bits per heavy atom. The summed E-state index contributed by atoms with van der Waals surface area (Å²) in [4.78, 5) is 26.7. The molecule has 0 bridgehead atoms. The van der Waals surface area contributed by atoms with Gasteiger partial charge in [-0.25, -0.2) is 0 Å². The number of esters is 2. The van der Waals surface area contributed by atoms with Crippen LogP contribution in [0.5, 0.6) is 0 Å². The van der Waals surface area contributed by atoms with Crippen LogP contribution in [0.1, 0.15) is 38.1 Å². The number of rotatable bonds is 6. The highest BCUT2D eigenvalue weighted by molar-refractivity contribution is 6.00. The molecule has 0 atom stereocenters. The molecule has 0 unspecified atom stereocenters. The molecule has 1 heterocycles. The van der Waals surface area contributed by atoms with Gasteiger partial charge in [0.05, 0.1) is 13.2 Å². The van der Waals surface area contributed by atoms with E-state index < -0.39 is 17.9 Å². The lowest BCUT2D eigenvalue weighted by atomic mass is 10.1. The van der Waals surface area contributed by atoms with Crippen molar-refractivity contribution in [2.75, 3.05) is 13.2 Å². The fourth-order valence-corrected chi connectivity index (χ4v) is 1.64. The first-order chi connectivity index (χ1) is 8.63. The maximum atomic E-state index is 11.8. The summed E-state index contributed by atoms with van der Waals surface area (Å²) in [6.07, 6.45) is 0.804. The largest absolute Gasteiger partial charge is 0.465 e. The van der Waals surface area contributed by atoms with Crippen LogP contribution >= 0.6 is 0 Å². The molecule has 0 saturated carbocycles. The number of H-pyrrole nitrogens is 1. The van der Waals surface area contributed by atoms with Crippen LogP contribution in [0, 0.1) is 0 Å². The second kappa shape index (κ2) is 6.83. The molecule has 0 aliphatic carbocycles. The first kappa shape index (κ1) is 14.3. The molecule has 1 N–H and O–H groups in total. The maximum Gasteiger partial charge on any atom is 0.326 e. The van der Waals surface area contributed by atoms with E-state index in [4.69, 9.17) is 9.47 Å². The van der Waals surface area contributed by atoms with Gasteiger partial charge < -0.3 is 14.5 Å². The van der Waals surface area contributed by atoms with Gasteiger partial charge in [0.15, 0.2) is 5.92 Å². The van der Waals surface area contributed by atoms with Crippen LogP contribution in [0.3, 0.4) is 0 Å². The van der Waals surface area contributed by atoms with Gasteiger partial charge in [0.1, 0.15) is 0 Å². The number of hydrogen-bond donors (Lipinski definition) is 1. The van der Waals surface area contributed by atoms with E-state index in [0.717, 1.165) is 12.1 Å². The monoisotopic (exact) mass is 253 g/mol. The molecule has 1 aromatic heterocycles. The number of aromatic amines is 1. The highest BCUT2D eigenvalue weighted by atomic mass is 16.6. The molecule has 0 aromatic carbocycles. The zero-order chi connectivity index (χ0) is 13.5. The van der Waals surface area contributed by atoms with Gasteiger partial charge in [0.2, 0.25) is 0 Å². The molecule has 0 fully saturated rings. The van der Waals surface area contributed by atoms with E-state index in [0.29, 0.717) is 5.69 Å². The summed E-state index contributed by atoms with van der Waals surface area (Å²) in [7, 11) is 0. The quantitative estimate of drug-likeness (QED) is 0.620. The van der Waals surface area contributed by atoms with Gasteiger partial charge in [0.25, 0.3) is 0 Å². The average Bonchev–Trinajstić information content (AvgIpc) is 2.78. The lowest BCUT2D eigenvalue weighted by molar-refractivity contribution is -0.157. The molecule has 0 radical (unpaired) electrons. The zero-order valence-corrected chi connectivity index (χ0v) is 11.0. The Bertz CT molecular complexity index is 393. The Labute approximate surface area is 106 Å². The van der Waals surface area contributed by atoms with E-state index in [1.54, 1.807) is 19.9 Å². The molecule has 0 aliphatic heterocycles. The molecule has 5 nitrogen and oxygen atoms in total. The fraction of sp³-hybridized carbons (Fsp3) is 0.538. The van der Waals surface area contributed by atoms with Crippen molar-refractivity contribution in [2.45, 2.75) is 33.1 Å². The SMILES string of the molecule is CCOC(=O)C(C(=O)OCC)c1ccc(CC)[nH]1. The summed E-state index contributed by atoms with van der Waals surface area (Å²) < 4.78 is 9.82. The average molecular weight is 253 g/mol. The molecule has 5 heteroatoms. The Morgan fingerprint density at radius 2 is 1.67 bits per heavy atom. The molecule has 0 saturated heterocycles. The van der Waals surface area contributed by atoms with Gasteiger partial charge in [-0.15, -0.1) is 0 Å². The highest BCUT2D eigenvalue weighted by Gasteiger charge is 2.32. The number of carbonyl (C=O) groups is 2. The fourth-order valence-electron chi connectivity index (χ4n) is 1.64. The molecule has 0 amide bonds. The summed E-state index contributed by atoms with van der Waals surface area (Å²) in [6.45, 7) is 5.85. The first-order valence-corrected chi connectivity index (χ1v) is 6.15. The summed E-state index contributed by atoms with van der Waals surface area (Å²) in [6, 6.07) is 3.57. The van der Waals surface area contributed by atoms with E-state index in [1.165, 1.54) is 0 Å². The number of nitrogens with one attached hydrogen (secondary N) is 1. The third kappa shape index (κ3) is 3.35. The first-order valence-electron chi connectivity index (χ1n) is 6.15. The van der Waals surface area contributed by atoms with Gasteiger partial charge in [0, 0.05) is 11.4 Å². The van der Waals surface area contributed by atoms with Crippen LogP contribution in [0.15, 0.2) is 12.1 Å². The Hall–Kier alpha value is -1.78. The lowest BCUT2D eigenvalue weighted by Gasteiger charge is -2.13. The van der Waals surface area contributed by atoms with Crippen LogP contribution < -0.4 is 0 Å². The topological polar surface area (TPSA) is 68.4 Å². The van der Waals surface area contributed by atoms with Gasteiger partial charge in [-0.1, -0.05) is 6.92 Å². The van der Waals surface area contributed by atoms with Crippen molar-refractivity contribution in [1.29, 1.82) is 0 Å². The van der Waals surface area contributed by atoms with Crippen LogP contribution in [-0.2, 0) is 25.5 Å². The maximum absolute atomic E-state index is 11.8. The van der Waals surface area contributed by atoms with Crippen LogP contribution in [-0.4, -0.2) is 30.1 Å². The van der Waals surface area contributed by atoms with E-state index in [1.807, 2.05) is 13.0 Å². The number of hydrogen-bond acceptors (Lipinski definition) is 4. The molecule has 18 heavy (non-hydrogen) atoms. The normalized spacial score (nSPS) is 10.4. The van der Waals surface area contributed by atoms with Crippen molar-refractivity contribution in [1.82, 2.24) is 4.98 Å². The molecule has 1 rings (SSSR count). The van der Waals surface area contributed by atoms with Crippen molar-refractivity contribution >= 4 is 11.9 Å². The minimum Gasteiger partial charge on any atom is -0.465 e. The number of aryl methyl sites for hydroxylation is 1. The third-order valence-corrected chi connectivity index (χ3v) is 2.51. The van der Waals surface area contributed by atoms with E-state index >= 15 is 0 Å². The minimum absolute atomic E-state index is 0.232. The summed E-state index contributed by atoms with van der Waals surface area (Å²) >= 11 is 0. The zero-order valence-electron chi connectivity index (χ0n) is 11.0. The molecule has 1 aromatic rings.